The monoisotopic (exact) mass is 482 g/mol. The maximum atomic E-state index is 13.2. The Balaban J connectivity index is 1.77. The van der Waals surface area contributed by atoms with E-state index in [0.717, 1.165) is 11.3 Å². The van der Waals surface area contributed by atoms with Crippen LogP contribution < -0.4 is 4.74 Å². The van der Waals surface area contributed by atoms with E-state index in [1.807, 2.05) is 38.1 Å². The van der Waals surface area contributed by atoms with Gasteiger partial charge in [0.15, 0.2) is 11.5 Å². The lowest BCUT2D eigenvalue weighted by atomic mass is 10.1. The van der Waals surface area contributed by atoms with E-state index in [0.29, 0.717) is 19.7 Å². The van der Waals surface area contributed by atoms with Crippen LogP contribution in [-0.2, 0) is 16.1 Å². The fraction of sp³-hybridized carbons (Fsp3) is 0.481. The third-order valence-corrected chi connectivity index (χ3v) is 5.33. The van der Waals surface area contributed by atoms with Gasteiger partial charge in [0.05, 0.1) is 19.8 Å². The van der Waals surface area contributed by atoms with Gasteiger partial charge in [-0.3, -0.25) is 9.59 Å². The van der Waals surface area contributed by atoms with Gasteiger partial charge in [-0.05, 0) is 55.5 Å². The highest BCUT2D eigenvalue weighted by atomic mass is 16.5. The molecule has 2 aromatic rings. The summed E-state index contributed by atoms with van der Waals surface area (Å²) >= 11 is 0. The second kappa shape index (κ2) is 11.4. The average molecular weight is 483 g/mol. The number of aliphatic hydroxyl groups is 1. The van der Waals surface area contributed by atoms with E-state index < -0.39 is 11.5 Å². The van der Waals surface area contributed by atoms with Crippen molar-refractivity contribution in [3.05, 3.63) is 53.5 Å². The maximum absolute atomic E-state index is 13.2. The molecule has 188 valence electrons. The third-order valence-electron chi connectivity index (χ3n) is 5.33. The molecule has 8 heteroatoms. The normalized spacial score (nSPS) is 16.7. The molecule has 0 bridgehead atoms. The van der Waals surface area contributed by atoms with Crippen molar-refractivity contribution in [3.63, 3.8) is 0 Å². The summed E-state index contributed by atoms with van der Waals surface area (Å²) in [4.78, 5) is 29.5. The van der Waals surface area contributed by atoms with Crippen LogP contribution in [-0.4, -0.2) is 71.7 Å². The number of hydrogen-bond donors (Lipinski definition) is 1. The van der Waals surface area contributed by atoms with Gasteiger partial charge in [0, 0.05) is 19.6 Å². The fourth-order valence-corrected chi connectivity index (χ4v) is 3.72. The highest BCUT2D eigenvalue weighted by molar-refractivity contribution is 5.94. The van der Waals surface area contributed by atoms with E-state index in [4.69, 9.17) is 13.9 Å². The van der Waals surface area contributed by atoms with Gasteiger partial charge in [-0.1, -0.05) is 31.9 Å². The van der Waals surface area contributed by atoms with E-state index in [2.05, 4.69) is 11.8 Å². The van der Waals surface area contributed by atoms with Crippen molar-refractivity contribution in [3.8, 4) is 17.6 Å². The van der Waals surface area contributed by atoms with Crippen LogP contribution in [0.25, 0.3) is 0 Å². The maximum Gasteiger partial charge on any atom is 0.290 e. The predicted molar refractivity (Wildman–Crippen MR) is 131 cm³/mol. The molecule has 1 fully saturated rings. The Morgan fingerprint density at radius 3 is 2.71 bits per heavy atom. The summed E-state index contributed by atoms with van der Waals surface area (Å²) in [5, 5.41) is 9.78. The number of methoxy groups -OCH3 is 1. The number of carbonyl (C=O) groups is 2. The second-order valence-electron chi connectivity index (χ2n) is 9.64. The summed E-state index contributed by atoms with van der Waals surface area (Å²) in [7, 11) is 1.61. The van der Waals surface area contributed by atoms with Gasteiger partial charge in [0.1, 0.15) is 17.9 Å². The summed E-state index contributed by atoms with van der Waals surface area (Å²) in [5.74, 6) is 6.21. The Labute approximate surface area is 206 Å². The Morgan fingerprint density at radius 1 is 1.26 bits per heavy atom. The van der Waals surface area contributed by atoms with Crippen LogP contribution in [0.4, 0.5) is 0 Å². The molecule has 1 aliphatic heterocycles. The number of amides is 2. The minimum Gasteiger partial charge on any atom is -0.497 e. The Kier molecular flexibility index (Phi) is 8.60. The highest BCUT2D eigenvalue weighted by Crippen LogP contribution is 2.18. The van der Waals surface area contributed by atoms with Gasteiger partial charge in [-0.15, -0.1) is 0 Å². The SMILES string of the molecule is COc1cccc(CO[C@H]2CN(CC(C)C)C(=O)CN(C(=O)c3ccc(C#CC(C)(C)O)o3)C2)c1. The third kappa shape index (κ3) is 7.88. The molecule has 0 radical (unpaired) electrons. The molecule has 1 N–H and O–H groups in total. The van der Waals surface area contributed by atoms with Crippen molar-refractivity contribution >= 4 is 11.8 Å². The number of hydrogen-bond acceptors (Lipinski definition) is 6. The molecule has 8 nitrogen and oxygen atoms in total. The number of carbonyl (C=O) groups excluding carboxylic acids is 2. The number of rotatable bonds is 7. The molecule has 1 aromatic carbocycles. The molecular formula is C27H34N2O6. The lowest BCUT2D eigenvalue weighted by molar-refractivity contribution is -0.132. The van der Waals surface area contributed by atoms with Crippen molar-refractivity contribution < 1.29 is 28.6 Å². The zero-order chi connectivity index (χ0) is 25.6. The molecule has 35 heavy (non-hydrogen) atoms. The zero-order valence-electron chi connectivity index (χ0n) is 21.0. The van der Waals surface area contributed by atoms with Crippen molar-refractivity contribution in [2.24, 2.45) is 5.92 Å². The largest absolute Gasteiger partial charge is 0.497 e. The van der Waals surface area contributed by atoms with Crippen LogP contribution in [0.15, 0.2) is 40.8 Å². The van der Waals surface area contributed by atoms with Crippen molar-refractivity contribution in [1.29, 1.82) is 0 Å². The first-order chi connectivity index (χ1) is 16.5. The van der Waals surface area contributed by atoms with Crippen LogP contribution in [0.5, 0.6) is 5.75 Å². The van der Waals surface area contributed by atoms with Crippen LogP contribution in [0.1, 0.15) is 49.6 Å². The molecule has 0 spiro atoms. The Morgan fingerprint density at radius 2 is 2.03 bits per heavy atom. The van der Waals surface area contributed by atoms with Crippen LogP contribution in [0.2, 0.25) is 0 Å². The molecular weight excluding hydrogens is 448 g/mol. The summed E-state index contributed by atoms with van der Waals surface area (Å²) in [6.45, 7) is 8.70. The van der Waals surface area contributed by atoms with E-state index >= 15 is 0 Å². The van der Waals surface area contributed by atoms with Gasteiger partial charge < -0.3 is 28.8 Å². The molecule has 1 aliphatic rings. The lowest BCUT2D eigenvalue weighted by Gasteiger charge is -2.26. The van der Waals surface area contributed by atoms with Crippen LogP contribution in [0, 0.1) is 17.8 Å². The molecule has 1 atom stereocenters. The number of furan rings is 1. The summed E-state index contributed by atoms with van der Waals surface area (Å²) in [6.07, 6.45) is -0.375. The smallest absolute Gasteiger partial charge is 0.290 e. The van der Waals surface area contributed by atoms with Crippen LogP contribution >= 0.6 is 0 Å². The van der Waals surface area contributed by atoms with Gasteiger partial charge in [0.2, 0.25) is 5.91 Å². The van der Waals surface area contributed by atoms with E-state index in [1.54, 1.807) is 31.9 Å². The summed E-state index contributed by atoms with van der Waals surface area (Å²) in [6, 6.07) is 10.7. The molecule has 1 aromatic heterocycles. The van der Waals surface area contributed by atoms with Crippen molar-refractivity contribution in [2.45, 2.75) is 46.0 Å². The minimum atomic E-state index is -1.18. The number of ether oxygens (including phenoxy) is 2. The zero-order valence-corrected chi connectivity index (χ0v) is 21.0. The molecule has 1 saturated heterocycles. The van der Waals surface area contributed by atoms with Crippen molar-refractivity contribution in [2.75, 3.05) is 33.3 Å². The first-order valence-corrected chi connectivity index (χ1v) is 11.7. The van der Waals surface area contributed by atoms with Gasteiger partial charge in [-0.25, -0.2) is 0 Å². The van der Waals surface area contributed by atoms with E-state index in [9.17, 15) is 14.7 Å². The second-order valence-corrected chi connectivity index (χ2v) is 9.64. The number of benzene rings is 1. The Bertz CT molecular complexity index is 1090. The Hall–Kier alpha value is -3.28. The predicted octanol–water partition coefficient (Wildman–Crippen LogP) is 2.94. The molecule has 0 saturated carbocycles. The highest BCUT2D eigenvalue weighted by Gasteiger charge is 2.32. The molecule has 3 rings (SSSR count). The lowest BCUT2D eigenvalue weighted by Crippen LogP contribution is -2.40. The molecule has 2 amide bonds. The topological polar surface area (TPSA) is 92.5 Å². The van der Waals surface area contributed by atoms with E-state index in [-0.39, 0.29) is 42.5 Å². The summed E-state index contributed by atoms with van der Waals surface area (Å²) in [5.41, 5.74) is -0.240. The minimum absolute atomic E-state index is 0.0596. The first kappa shape index (κ1) is 26.3. The van der Waals surface area contributed by atoms with E-state index in [1.165, 1.54) is 11.0 Å². The molecule has 2 heterocycles. The van der Waals surface area contributed by atoms with Crippen molar-refractivity contribution in [1.82, 2.24) is 9.80 Å². The molecule has 0 aliphatic carbocycles. The summed E-state index contributed by atoms with van der Waals surface area (Å²) < 4.78 is 17.1. The van der Waals surface area contributed by atoms with Gasteiger partial charge in [-0.2, -0.15) is 0 Å². The van der Waals surface area contributed by atoms with Crippen LogP contribution in [0.3, 0.4) is 0 Å². The van der Waals surface area contributed by atoms with Gasteiger partial charge in [0.25, 0.3) is 5.91 Å². The van der Waals surface area contributed by atoms with Gasteiger partial charge >= 0.3 is 0 Å². The molecule has 0 unspecified atom stereocenters. The fourth-order valence-electron chi connectivity index (χ4n) is 3.72. The quantitative estimate of drug-likeness (QED) is 0.610. The number of nitrogens with zero attached hydrogens (tertiary/aromatic N) is 2. The first-order valence-electron chi connectivity index (χ1n) is 11.7. The standard InChI is InChI=1S/C27H34N2O6/c1-19(2)14-28-15-23(34-18-20-7-6-8-22(13-20)33-5)16-29(17-25(28)30)26(31)24-10-9-21(35-24)11-12-27(3,4)32/h6-10,13,19,23,32H,14-18H2,1-5H3/t23-/m0/s1. The average Bonchev–Trinajstić information content (AvgIpc) is 3.22.